The van der Waals surface area contributed by atoms with E-state index in [0.717, 1.165) is 28.9 Å². The predicted molar refractivity (Wildman–Crippen MR) is 74.5 cm³/mol. The maximum Gasteiger partial charge on any atom is 0.166 e. The number of halogens is 1. The van der Waals surface area contributed by atoms with E-state index in [-0.39, 0.29) is 0 Å². The highest BCUT2D eigenvalue weighted by Crippen LogP contribution is 2.46. The third-order valence-electron chi connectivity index (χ3n) is 3.65. The van der Waals surface area contributed by atoms with Crippen molar-refractivity contribution in [1.82, 2.24) is 5.32 Å². The summed E-state index contributed by atoms with van der Waals surface area (Å²) < 4.78 is 12.7. The monoisotopic (exact) mass is 311 g/mol. The highest BCUT2D eigenvalue weighted by Gasteiger charge is 2.29. The van der Waals surface area contributed by atoms with Gasteiger partial charge < -0.3 is 14.8 Å². The van der Waals surface area contributed by atoms with E-state index in [4.69, 9.17) is 9.47 Å². The Labute approximate surface area is 116 Å². The molecule has 3 nitrogen and oxygen atoms in total. The summed E-state index contributed by atoms with van der Waals surface area (Å²) in [6, 6.07) is 2.45. The summed E-state index contributed by atoms with van der Waals surface area (Å²) >= 11 is 3.68. The molecular formula is C14H18BrNO2. The van der Waals surface area contributed by atoms with Crippen LogP contribution < -0.4 is 14.8 Å². The molecule has 2 aliphatic rings. The van der Waals surface area contributed by atoms with Gasteiger partial charge in [0.25, 0.3) is 0 Å². The van der Waals surface area contributed by atoms with Gasteiger partial charge in [0.2, 0.25) is 0 Å². The third kappa shape index (κ3) is 2.01. The summed E-state index contributed by atoms with van der Waals surface area (Å²) in [4.78, 5) is 0. The predicted octanol–water partition coefficient (Wildman–Crippen LogP) is 3.21. The molecule has 1 N–H and O–H groups in total. The van der Waals surface area contributed by atoms with E-state index < -0.39 is 0 Å². The number of fused-ring (bicyclic) bond motifs is 3. The maximum absolute atomic E-state index is 5.87. The first-order valence-electron chi connectivity index (χ1n) is 6.65. The molecule has 4 heteroatoms. The SMILES string of the molecule is CCNC1CCCc2c(Br)cc3c(c21)OCCO3. The fraction of sp³-hybridized carbons (Fsp3) is 0.571. The minimum atomic E-state index is 0.395. The lowest BCUT2D eigenvalue weighted by Crippen LogP contribution is -2.27. The van der Waals surface area contributed by atoms with Crippen LogP contribution in [0.2, 0.25) is 0 Å². The Hall–Kier alpha value is -0.740. The van der Waals surface area contributed by atoms with Gasteiger partial charge in [0.1, 0.15) is 13.2 Å². The lowest BCUT2D eigenvalue weighted by Gasteiger charge is -2.32. The van der Waals surface area contributed by atoms with E-state index in [1.165, 1.54) is 24.0 Å². The van der Waals surface area contributed by atoms with Crippen LogP contribution in [0.15, 0.2) is 10.5 Å². The second kappa shape index (κ2) is 5.10. The van der Waals surface area contributed by atoms with Crippen LogP contribution in [-0.4, -0.2) is 19.8 Å². The second-order valence-corrected chi connectivity index (χ2v) is 5.63. The molecule has 1 heterocycles. The Morgan fingerprint density at radius 2 is 2.22 bits per heavy atom. The molecule has 18 heavy (non-hydrogen) atoms. The van der Waals surface area contributed by atoms with Crippen molar-refractivity contribution in [3.63, 3.8) is 0 Å². The highest BCUT2D eigenvalue weighted by molar-refractivity contribution is 9.10. The molecule has 1 unspecified atom stereocenters. The Morgan fingerprint density at radius 3 is 3.06 bits per heavy atom. The van der Waals surface area contributed by atoms with Gasteiger partial charge >= 0.3 is 0 Å². The van der Waals surface area contributed by atoms with Crippen LogP contribution >= 0.6 is 15.9 Å². The Morgan fingerprint density at radius 1 is 1.39 bits per heavy atom. The Bertz CT molecular complexity index is 462. The van der Waals surface area contributed by atoms with E-state index in [1.807, 2.05) is 0 Å². The van der Waals surface area contributed by atoms with Gasteiger partial charge in [-0.05, 0) is 37.4 Å². The normalized spacial score (nSPS) is 21.6. The summed E-state index contributed by atoms with van der Waals surface area (Å²) in [7, 11) is 0. The fourth-order valence-electron chi connectivity index (χ4n) is 2.92. The minimum Gasteiger partial charge on any atom is -0.486 e. The summed E-state index contributed by atoms with van der Waals surface area (Å²) in [5.74, 6) is 1.85. The topological polar surface area (TPSA) is 30.5 Å². The fourth-order valence-corrected chi connectivity index (χ4v) is 3.54. The summed E-state index contributed by atoms with van der Waals surface area (Å²) in [5.41, 5.74) is 2.70. The van der Waals surface area contributed by atoms with Crippen LogP contribution in [0.3, 0.4) is 0 Å². The van der Waals surface area contributed by atoms with Crippen LogP contribution in [0.5, 0.6) is 11.5 Å². The van der Waals surface area contributed by atoms with Gasteiger partial charge in [-0.25, -0.2) is 0 Å². The van der Waals surface area contributed by atoms with Gasteiger partial charge in [-0.1, -0.05) is 22.9 Å². The maximum atomic E-state index is 5.87. The third-order valence-corrected chi connectivity index (χ3v) is 4.35. The number of hydrogen-bond acceptors (Lipinski definition) is 3. The number of benzene rings is 1. The minimum absolute atomic E-state index is 0.395. The van der Waals surface area contributed by atoms with E-state index in [9.17, 15) is 0 Å². The molecule has 1 aliphatic carbocycles. The van der Waals surface area contributed by atoms with Crippen molar-refractivity contribution in [1.29, 1.82) is 0 Å². The van der Waals surface area contributed by atoms with Crippen molar-refractivity contribution >= 4 is 15.9 Å². The van der Waals surface area contributed by atoms with Crippen molar-refractivity contribution in [2.45, 2.75) is 32.2 Å². The largest absolute Gasteiger partial charge is 0.486 e. The molecule has 1 aliphatic heterocycles. The first-order chi connectivity index (χ1) is 8.81. The quantitative estimate of drug-likeness (QED) is 0.909. The van der Waals surface area contributed by atoms with Gasteiger partial charge in [0.15, 0.2) is 11.5 Å². The zero-order valence-corrected chi connectivity index (χ0v) is 12.2. The molecule has 0 radical (unpaired) electrons. The van der Waals surface area contributed by atoms with Crippen LogP contribution in [0.25, 0.3) is 0 Å². The van der Waals surface area contributed by atoms with Gasteiger partial charge in [0, 0.05) is 16.1 Å². The molecule has 1 aromatic carbocycles. The lowest BCUT2D eigenvalue weighted by atomic mass is 9.86. The summed E-state index contributed by atoms with van der Waals surface area (Å²) in [6.07, 6.45) is 3.52. The molecular weight excluding hydrogens is 294 g/mol. The smallest absolute Gasteiger partial charge is 0.166 e. The molecule has 98 valence electrons. The van der Waals surface area contributed by atoms with Gasteiger partial charge in [0.05, 0.1) is 0 Å². The number of hydrogen-bond donors (Lipinski definition) is 1. The van der Waals surface area contributed by atoms with Crippen LogP contribution in [0.4, 0.5) is 0 Å². The van der Waals surface area contributed by atoms with Crippen molar-refractivity contribution in [3.8, 4) is 11.5 Å². The Balaban J connectivity index is 2.12. The van der Waals surface area contributed by atoms with E-state index >= 15 is 0 Å². The number of ether oxygens (including phenoxy) is 2. The second-order valence-electron chi connectivity index (χ2n) is 4.78. The zero-order valence-electron chi connectivity index (χ0n) is 10.6. The molecule has 3 rings (SSSR count). The van der Waals surface area contributed by atoms with Crippen molar-refractivity contribution in [2.75, 3.05) is 19.8 Å². The van der Waals surface area contributed by atoms with Crippen molar-refractivity contribution in [3.05, 3.63) is 21.7 Å². The highest BCUT2D eigenvalue weighted by atomic mass is 79.9. The summed E-state index contributed by atoms with van der Waals surface area (Å²) in [6.45, 7) is 4.42. The van der Waals surface area contributed by atoms with Crippen LogP contribution in [-0.2, 0) is 6.42 Å². The summed E-state index contributed by atoms with van der Waals surface area (Å²) in [5, 5.41) is 3.56. The van der Waals surface area contributed by atoms with E-state index in [0.29, 0.717) is 19.3 Å². The van der Waals surface area contributed by atoms with Gasteiger partial charge in [-0.15, -0.1) is 0 Å². The molecule has 0 bridgehead atoms. The molecule has 0 aromatic heterocycles. The molecule has 0 spiro atoms. The molecule has 0 amide bonds. The molecule has 1 aromatic rings. The standard InChI is InChI=1S/C14H18BrNO2/c1-2-16-11-5-3-4-9-10(15)8-12-14(13(9)11)18-7-6-17-12/h8,11,16H,2-7H2,1H3. The lowest BCUT2D eigenvalue weighted by molar-refractivity contribution is 0.167. The number of nitrogens with one attached hydrogen (secondary N) is 1. The van der Waals surface area contributed by atoms with Crippen LogP contribution in [0.1, 0.15) is 36.9 Å². The molecule has 0 saturated carbocycles. The first-order valence-corrected chi connectivity index (χ1v) is 7.44. The molecule has 0 saturated heterocycles. The number of rotatable bonds is 2. The average molecular weight is 312 g/mol. The Kier molecular flexibility index (Phi) is 3.48. The van der Waals surface area contributed by atoms with Gasteiger partial charge in [-0.2, -0.15) is 0 Å². The first kappa shape index (κ1) is 12.3. The van der Waals surface area contributed by atoms with E-state index in [2.05, 4.69) is 34.2 Å². The van der Waals surface area contributed by atoms with Crippen molar-refractivity contribution in [2.24, 2.45) is 0 Å². The molecule has 0 fully saturated rings. The van der Waals surface area contributed by atoms with Crippen molar-refractivity contribution < 1.29 is 9.47 Å². The average Bonchev–Trinajstić information content (AvgIpc) is 2.40. The zero-order chi connectivity index (χ0) is 12.5. The molecule has 1 atom stereocenters. The van der Waals surface area contributed by atoms with Crippen LogP contribution in [0, 0.1) is 0 Å². The van der Waals surface area contributed by atoms with Gasteiger partial charge in [-0.3, -0.25) is 0 Å². The van der Waals surface area contributed by atoms with E-state index in [1.54, 1.807) is 0 Å².